The molecule has 0 saturated carbocycles. The summed E-state index contributed by atoms with van der Waals surface area (Å²) in [5, 5.41) is 0. The lowest BCUT2D eigenvalue weighted by Crippen LogP contribution is -2.15. The second-order valence-corrected chi connectivity index (χ2v) is 5.44. The van der Waals surface area contributed by atoms with E-state index in [2.05, 4.69) is 14.7 Å². The summed E-state index contributed by atoms with van der Waals surface area (Å²) in [6, 6.07) is 7.36. The van der Waals surface area contributed by atoms with Crippen molar-refractivity contribution in [2.75, 3.05) is 4.72 Å². The Morgan fingerprint density at radius 3 is 2.47 bits per heavy atom. The Labute approximate surface area is 110 Å². The van der Waals surface area contributed by atoms with Gasteiger partial charge in [0.15, 0.2) is 5.78 Å². The van der Waals surface area contributed by atoms with Crippen molar-refractivity contribution in [1.29, 1.82) is 0 Å². The van der Waals surface area contributed by atoms with Gasteiger partial charge in [-0.25, -0.2) is 23.1 Å². The Morgan fingerprint density at radius 2 is 1.84 bits per heavy atom. The van der Waals surface area contributed by atoms with Crippen molar-refractivity contribution in [3.8, 4) is 0 Å². The molecule has 19 heavy (non-hydrogen) atoms. The first kappa shape index (κ1) is 13.2. The van der Waals surface area contributed by atoms with Gasteiger partial charge in [-0.15, -0.1) is 0 Å². The molecule has 0 spiro atoms. The highest BCUT2D eigenvalue weighted by Crippen LogP contribution is 2.14. The first-order valence-electron chi connectivity index (χ1n) is 5.40. The van der Waals surface area contributed by atoms with Crippen molar-refractivity contribution in [1.82, 2.24) is 9.97 Å². The van der Waals surface area contributed by atoms with E-state index < -0.39 is 10.0 Å². The number of ketones is 1. The standard InChI is InChI=1S/C12H11N3O3S/c1-9(16)10-4-2-5-11(8-10)19(17,18)15-12-13-6-3-7-14-12/h2-8H,1H3,(H,13,14,15). The largest absolute Gasteiger partial charge is 0.295 e. The lowest BCUT2D eigenvalue weighted by atomic mass is 10.2. The van der Waals surface area contributed by atoms with Crippen LogP contribution in [0, 0.1) is 0 Å². The average Bonchev–Trinajstić information content (AvgIpc) is 2.39. The van der Waals surface area contributed by atoms with E-state index in [0.717, 1.165) is 0 Å². The maximum atomic E-state index is 12.1. The molecule has 7 heteroatoms. The molecular formula is C12H11N3O3S. The second-order valence-electron chi connectivity index (χ2n) is 3.76. The molecule has 0 unspecified atom stereocenters. The van der Waals surface area contributed by atoms with Gasteiger partial charge in [-0.3, -0.25) is 4.79 Å². The number of nitrogens with one attached hydrogen (secondary N) is 1. The first-order valence-corrected chi connectivity index (χ1v) is 6.88. The number of carbonyl (C=O) groups excluding carboxylic acids is 1. The Hall–Kier alpha value is -2.28. The molecule has 0 aliphatic heterocycles. The maximum Gasteiger partial charge on any atom is 0.264 e. The molecule has 0 aliphatic carbocycles. The van der Waals surface area contributed by atoms with Crippen LogP contribution in [0.3, 0.4) is 0 Å². The summed E-state index contributed by atoms with van der Waals surface area (Å²) in [4.78, 5) is 18.8. The van der Waals surface area contributed by atoms with Gasteiger partial charge in [-0.2, -0.15) is 0 Å². The molecular weight excluding hydrogens is 266 g/mol. The average molecular weight is 277 g/mol. The molecule has 6 nitrogen and oxygen atoms in total. The molecule has 1 heterocycles. The van der Waals surface area contributed by atoms with Crippen LogP contribution in [0.15, 0.2) is 47.6 Å². The summed E-state index contributed by atoms with van der Waals surface area (Å²) in [5.41, 5.74) is 0.330. The minimum absolute atomic E-state index is 0.00680. The number of carbonyl (C=O) groups is 1. The van der Waals surface area contributed by atoms with Crippen molar-refractivity contribution in [3.63, 3.8) is 0 Å². The molecule has 2 rings (SSSR count). The van der Waals surface area contributed by atoms with E-state index in [1.807, 2.05) is 0 Å². The van der Waals surface area contributed by atoms with Gasteiger partial charge >= 0.3 is 0 Å². The number of sulfonamides is 1. The first-order chi connectivity index (χ1) is 8.99. The number of hydrogen-bond donors (Lipinski definition) is 1. The van der Waals surface area contributed by atoms with Gasteiger partial charge in [0.1, 0.15) is 0 Å². The van der Waals surface area contributed by atoms with E-state index in [-0.39, 0.29) is 16.6 Å². The predicted molar refractivity (Wildman–Crippen MR) is 69.3 cm³/mol. The monoisotopic (exact) mass is 277 g/mol. The van der Waals surface area contributed by atoms with E-state index in [9.17, 15) is 13.2 Å². The highest BCUT2D eigenvalue weighted by atomic mass is 32.2. The number of rotatable bonds is 4. The van der Waals surface area contributed by atoms with Gasteiger partial charge in [-0.05, 0) is 25.1 Å². The summed E-state index contributed by atoms with van der Waals surface area (Å²) in [6.07, 6.45) is 2.85. The number of Topliss-reactive ketones (excluding diaryl/α,β-unsaturated/α-hetero) is 1. The van der Waals surface area contributed by atoms with Crippen molar-refractivity contribution >= 4 is 21.8 Å². The Bertz CT molecular complexity index is 699. The predicted octanol–water partition coefficient (Wildman–Crippen LogP) is 1.48. The molecule has 0 aliphatic rings. The van der Waals surface area contributed by atoms with Crippen LogP contribution in [0.1, 0.15) is 17.3 Å². The van der Waals surface area contributed by atoms with Crippen LogP contribution in [0.2, 0.25) is 0 Å². The fraction of sp³-hybridized carbons (Fsp3) is 0.0833. The van der Waals surface area contributed by atoms with Gasteiger partial charge in [0.25, 0.3) is 10.0 Å². The molecule has 0 saturated heterocycles. The molecule has 0 bridgehead atoms. The Kier molecular flexibility index (Phi) is 3.57. The number of anilines is 1. The van der Waals surface area contributed by atoms with Crippen LogP contribution in [0.5, 0.6) is 0 Å². The van der Waals surface area contributed by atoms with Gasteiger partial charge in [0, 0.05) is 18.0 Å². The van der Waals surface area contributed by atoms with Crippen LogP contribution in [-0.4, -0.2) is 24.2 Å². The fourth-order valence-electron chi connectivity index (χ4n) is 1.41. The summed E-state index contributed by atoms with van der Waals surface area (Å²) in [5.74, 6) is -0.219. The third-order valence-electron chi connectivity index (χ3n) is 2.34. The summed E-state index contributed by atoms with van der Waals surface area (Å²) in [7, 11) is -3.80. The van der Waals surface area contributed by atoms with Crippen molar-refractivity contribution in [3.05, 3.63) is 48.3 Å². The lowest BCUT2D eigenvalue weighted by molar-refractivity contribution is 0.101. The summed E-state index contributed by atoms with van der Waals surface area (Å²) < 4.78 is 26.4. The molecule has 0 radical (unpaired) electrons. The van der Waals surface area contributed by atoms with E-state index in [4.69, 9.17) is 0 Å². The fourth-order valence-corrected chi connectivity index (χ4v) is 2.42. The summed E-state index contributed by atoms with van der Waals surface area (Å²) in [6.45, 7) is 1.37. The lowest BCUT2D eigenvalue weighted by Gasteiger charge is -2.06. The van der Waals surface area contributed by atoms with E-state index in [0.29, 0.717) is 5.56 Å². The van der Waals surface area contributed by atoms with Crippen LogP contribution >= 0.6 is 0 Å². The van der Waals surface area contributed by atoms with Gasteiger partial charge in [-0.1, -0.05) is 12.1 Å². The molecule has 0 amide bonds. The number of aromatic nitrogens is 2. The van der Waals surface area contributed by atoms with E-state index in [1.54, 1.807) is 12.1 Å². The van der Waals surface area contributed by atoms with Crippen molar-refractivity contribution in [2.24, 2.45) is 0 Å². The third-order valence-corrected chi connectivity index (χ3v) is 3.67. The van der Waals surface area contributed by atoms with Crippen LogP contribution in [0.4, 0.5) is 5.95 Å². The van der Waals surface area contributed by atoms with Gasteiger partial charge in [0.2, 0.25) is 5.95 Å². The topological polar surface area (TPSA) is 89.0 Å². The minimum atomic E-state index is -3.80. The molecule has 1 aromatic carbocycles. The molecule has 0 atom stereocenters. The molecule has 2 aromatic rings. The number of nitrogens with zero attached hydrogens (tertiary/aromatic N) is 2. The zero-order chi connectivity index (χ0) is 13.9. The van der Waals surface area contributed by atoms with Crippen LogP contribution < -0.4 is 4.72 Å². The van der Waals surface area contributed by atoms with Gasteiger partial charge < -0.3 is 0 Å². The van der Waals surface area contributed by atoms with Crippen LogP contribution in [0.25, 0.3) is 0 Å². The van der Waals surface area contributed by atoms with Crippen molar-refractivity contribution in [2.45, 2.75) is 11.8 Å². The minimum Gasteiger partial charge on any atom is -0.295 e. The molecule has 1 aromatic heterocycles. The number of hydrogen-bond acceptors (Lipinski definition) is 5. The second kappa shape index (κ2) is 5.15. The van der Waals surface area contributed by atoms with E-state index in [1.165, 1.54) is 37.5 Å². The van der Waals surface area contributed by atoms with E-state index >= 15 is 0 Å². The zero-order valence-electron chi connectivity index (χ0n) is 10.1. The quantitative estimate of drug-likeness (QED) is 0.855. The Balaban J connectivity index is 2.35. The third kappa shape index (κ3) is 3.14. The SMILES string of the molecule is CC(=O)c1cccc(S(=O)(=O)Nc2ncccn2)c1. The molecule has 0 fully saturated rings. The molecule has 98 valence electrons. The smallest absolute Gasteiger partial charge is 0.264 e. The highest BCUT2D eigenvalue weighted by molar-refractivity contribution is 7.92. The van der Waals surface area contributed by atoms with Gasteiger partial charge in [0.05, 0.1) is 4.90 Å². The van der Waals surface area contributed by atoms with Crippen LogP contribution in [-0.2, 0) is 10.0 Å². The van der Waals surface area contributed by atoms with Crippen molar-refractivity contribution < 1.29 is 13.2 Å². The number of benzene rings is 1. The summed E-state index contributed by atoms with van der Waals surface area (Å²) >= 11 is 0. The maximum absolute atomic E-state index is 12.1. The molecule has 1 N–H and O–H groups in total. The zero-order valence-corrected chi connectivity index (χ0v) is 10.9. The normalized spacial score (nSPS) is 11.0. The highest BCUT2D eigenvalue weighted by Gasteiger charge is 2.16. The Morgan fingerprint density at radius 1 is 1.16 bits per heavy atom.